The van der Waals surface area contributed by atoms with Crippen LogP contribution in [0.5, 0.6) is 0 Å². The van der Waals surface area contributed by atoms with Gasteiger partial charge in [0, 0.05) is 12.7 Å². The highest BCUT2D eigenvalue weighted by molar-refractivity contribution is 6.34. The number of Topliss-reactive ketones (excluding diaryl/α,β-unsaturated/α-hetero) is 1. The molecule has 0 aliphatic rings. The average Bonchev–Trinajstić information content (AvgIpc) is 2.51. The Bertz CT molecular complexity index is 686. The number of hydrogen-bond donors (Lipinski definition) is 1. The van der Waals surface area contributed by atoms with Crippen molar-refractivity contribution in [2.75, 3.05) is 12.4 Å². The first-order valence-corrected chi connectivity index (χ1v) is 7.10. The van der Waals surface area contributed by atoms with Crippen LogP contribution in [0.3, 0.4) is 0 Å². The summed E-state index contributed by atoms with van der Waals surface area (Å²) in [5, 5.41) is 3.07. The van der Waals surface area contributed by atoms with Crippen molar-refractivity contribution in [3.05, 3.63) is 64.7 Å². The molecule has 5 heteroatoms. The fourth-order valence-corrected chi connectivity index (χ4v) is 2.23. The Labute approximate surface area is 134 Å². The van der Waals surface area contributed by atoms with Crippen LogP contribution in [0.4, 0.5) is 5.69 Å². The number of rotatable bonds is 5. The molecule has 1 atom stereocenters. The Morgan fingerprint density at radius 2 is 1.82 bits per heavy atom. The van der Waals surface area contributed by atoms with Gasteiger partial charge < -0.3 is 10.1 Å². The Hall–Kier alpha value is -2.17. The zero-order valence-corrected chi connectivity index (χ0v) is 13.1. The van der Waals surface area contributed by atoms with Crippen LogP contribution in [0.1, 0.15) is 28.9 Å². The van der Waals surface area contributed by atoms with E-state index in [9.17, 15) is 9.59 Å². The summed E-state index contributed by atoms with van der Waals surface area (Å²) in [6.07, 6.45) is -0.752. The molecule has 2 aromatic rings. The molecule has 0 aromatic heterocycles. The summed E-state index contributed by atoms with van der Waals surface area (Å²) in [5.41, 5.74) is 1.60. The van der Waals surface area contributed by atoms with E-state index in [1.54, 1.807) is 30.3 Å². The van der Waals surface area contributed by atoms with Crippen molar-refractivity contribution < 1.29 is 14.3 Å². The Kier molecular flexibility index (Phi) is 5.31. The van der Waals surface area contributed by atoms with Crippen molar-refractivity contribution in [3.8, 4) is 0 Å². The van der Waals surface area contributed by atoms with Crippen molar-refractivity contribution in [3.63, 3.8) is 0 Å². The van der Waals surface area contributed by atoms with Gasteiger partial charge in [-0.05, 0) is 30.7 Å². The number of ketones is 1. The van der Waals surface area contributed by atoms with Gasteiger partial charge in [0.25, 0.3) is 5.91 Å². The third-order valence-corrected chi connectivity index (χ3v) is 3.54. The highest BCUT2D eigenvalue weighted by Crippen LogP contribution is 2.26. The Balaban J connectivity index is 2.24. The lowest BCUT2D eigenvalue weighted by Crippen LogP contribution is -2.22. The quantitative estimate of drug-likeness (QED) is 0.852. The monoisotopic (exact) mass is 317 g/mol. The molecule has 2 rings (SSSR count). The first-order valence-electron chi connectivity index (χ1n) is 6.72. The fraction of sp³-hybridized carbons (Fsp3) is 0.176. The molecule has 0 aliphatic carbocycles. The average molecular weight is 318 g/mol. The van der Waals surface area contributed by atoms with E-state index in [-0.39, 0.29) is 11.7 Å². The fourth-order valence-electron chi connectivity index (χ4n) is 2.06. The topological polar surface area (TPSA) is 55.4 Å². The first-order chi connectivity index (χ1) is 10.5. The van der Waals surface area contributed by atoms with Crippen molar-refractivity contribution in [2.45, 2.75) is 13.0 Å². The smallest absolute Gasteiger partial charge is 0.258 e. The minimum Gasteiger partial charge on any atom is -0.367 e. The minimum atomic E-state index is -0.752. The van der Waals surface area contributed by atoms with Crippen LogP contribution in [-0.2, 0) is 9.53 Å². The number of ether oxygens (including phenoxy) is 1. The van der Waals surface area contributed by atoms with Crippen molar-refractivity contribution in [2.24, 2.45) is 0 Å². The molecule has 4 nitrogen and oxygen atoms in total. The molecule has 0 spiro atoms. The number of nitrogens with one attached hydrogen (secondary N) is 1. The van der Waals surface area contributed by atoms with Crippen LogP contribution < -0.4 is 5.32 Å². The Morgan fingerprint density at radius 1 is 1.14 bits per heavy atom. The number of anilines is 1. The van der Waals surface area contributed by atoms with E-state index >= 15 is 0 Å². The zero-order valence-electron chi connectivity index (χ0n) is 12.3. The minimum absolute atomic E-state index is 0.0986. The van der Waals surface area contributed by atoms with Gasteiger partial charge in [0.1, 0.15) is 0 Å². The second-order valence-corrected chi connectivity index (χ2v) is 5.17. The molecule has 2 aromatic carbocycles. The predicted octanol–water partition coefficient (Wildman–Crippen LogP) is 3.87. The van der Waals surface area contributed by atoms with E-state index in [1.165, 1.54) is 14.0 Å². The van der Waals surface area contributed by atoms with Crippen molar-refractivity contribution >= 4 is 29.0 Å². The number of amides is 1. The number of halogens is 1. The zero-order chi connectivity index (χ0) is 16.1. The van der Waals surface area contributed by atoms with Gasteiger partial charge in [-0.15, -0.1) is 0 Å². The molecule has 22 heavy (non-hydrogen) atoms. The number of benzene rings is 2. The summed E-state index contributed by atoms with van der Waals surface area (Å²) in [7, 11) is 1.46. The number of methoxy groups -OCH3 is 1. The standard InChI is InChI=1S/C17H16ClNO3/c1-11(20)13-8-9-14(18)15(10-13)19-17(21)16(22-2)12-6-4-3-5-7-12/h3-10,16H,1-2H3,(H,19,21)/t16-/m1/s1. The van der Waals surface area contributed by atoms with Gasteiger partial charge in [-0.2, -0.15) is 0 Å². The maximum absolute atomic E-state index is 12.4. The number of hydrogen-bond acceptors (Lipinski definition) is 3. The predicted molar refractivity (Wildman–Crippen MR) is 86.3 cm³/mol. The van der Waals surface area contributed by atoms with Crippen molar-refractivity contribution in [1.82, 2.24) is 0 Å². The van der Waals surface area contributed by atoms with Crippen LogP contribution in [0.2, 0.25) is 5.02 Å². The molecule has 0 bridgehead atoms. The lowest BCUT2D eigenvalue weighted by atomic mass is 10.1. The van der Waals surface area contributed by atoms with Gasteiger partial charge in [-0.25, -0.2) is 0 Å². The van der Waals surface area contributed by atoms with Crippen LogP contribution in [-0.4, -0.2) is 18.8 Å². The second-order valence-electron chi connectivity index (χ2n) is 4.77. The van der Waals surface area contributed by atoms with Gasteiger partial charge in [0.2, 0.25) is 0 Å². The SMILES string of the molecule is CO[C@@H](C(=O)Nc1cc(C(C)=O)ccc1Cl)c1ccccc1. The normalized spacial score (nSPS) is 11.8. The van der Waals surface area contributed by atoms with Crippen LogP contribution >= 0.6 is 11.6 Å². The first kappa shape index (κ1) is 16.2. The molecule has 0 aliphatic heterocycles. The third-order valence-electron chi connectivity index (χ3n) is 3.21. The lowest BCUT2D eigenvalue weighted by Gasteiger charge is -2.16. The van der Waals surface area contributed by atoms with Crippen LogP contribution in [0.15, 0.2) is 48.5 Å². The number of carbonyl (C=O) groups excluding carboxylic acids is 2. The third kappa shape index (κ3) is 3.72. The molecule has 0 saturated carbocycles. The maximum atomic E-state index is 12.4. The summed E-state index contributed by atoms with van der Waals surface area (Å²) in [6.45, 7) is 1.46. The van der Waals surface area contributed by atoms with Gasteiger partial charge in [0.05, 0.1) is 10.7 Å². The molecule has 1 N–H and O–H groups in total. The van der Waals surface area contributed by atoms with E-state index in [1.807, 2.05) is 18.2 Å². The largest absolute Gasteiger partial charge is 0.367 e. The van der Waals surface area contributed by atoms with E-state index < -0.39 is 6.10 Å². The van der Waals surface area contributed by atoms with Crippen LogP contribution in [0.25, 0.3) is 0 Å². The molecule has 0 unspecified atom stereocenters. The molecule has 0 fully saturated rings. The summed E-state index contributed by atoms with van der Waals surface area (Å²) in [6, 6.07) is 13.9. The van der Waals surface area contributed by atoms with Crippen molar-refractivity contribution in [1.29, 1.82) is 0 Å². The summed E-state index contributed by atoms with van der Waals surface area (Å²) in [4.78, 5) is 23.8. The summed E-state index contributed by atoms with van der Waals surface area (Å²) >= 11 is 6.07. The highest BCUT2D eigenvalue weighted by Gasteiger charge is 2.21. The molecular formula is C17H16ClNO3. The van der Waals surface area contributed by atoms with Gasteiger partial charge in [-0.3, -0.25) is 9.59 Å². The molecule has 1 amide bonds. The second kappa shape index (κ2) is 7.20. The molecule has 0 saturated heterocycles. The van der Waals surface area contributed by atoms with E-state index in [0.717, 1.165) is 5.56 Å². The molecule has 114 valence electrons. The number of carbonyl (C=O) groups is 2. The lowest BCUT2D eigenvalue weighted by molar-refractivity contribution is -0.126. The molecular weight excluding hydrogens is 302 g/mol. The molecule has 0 radical (unpaired) electrons. The summed E-state index contributed by atoms with van der Waals surface area (Å²) in [5.74, 6) is -0.449. The maximum Gasteiger partial charge on any atom is 0.258 e. The van der Waals surface area contributed by atoms with Gasteiger partial charge >= 0.3 is 0 Å². The van der Waals surface area contributed by atoms with Gasteiger partial charge in [0.15, 0.2) is 11.9 Å². The molecule has 0 heterocycles. The van der Waals surface area contributed by atoms with Crippen LogP contribution in [0, 0.1) is 0 Å². The van der Waals surface area contributed by atoms with E-state index in [4.69, 9.17) is 16.3 Å². The van der Waals surface area contributed by atoms with E-state index in [2.05, 4.69) is 5.32 Å². The van der Waals surface area contributed by atoms with Gasteiger partial charge in [-0.1, -0.05) is 41.9 Å². The summed E-state index contributed by atoms with van der Waals surface area (Å²) < 4.78 is 5.27. The highest BCUT2D eigenvalue weighted by atomic mass is 35.5. The van der Waals surface area contributed by atoms with E-state index in [0.29, 0.717) is 16.3 Å². The Morgan fingerprint density at radius 3 is 2.41 bits per heavy atom.